The van der Waals surface area contributed by atoms with Gasteiger partial charge in [0.05, 0.1) is 16.7 Å². The minimum absolute atomic E-state index is 0.125. The van der Waals surface area contributed by atoms with Gasteiger partial charge in [0.1, 0.15) is 11.8 Å². The molecule has 0 aliphatic rings. The van der Waals surface area contributed by atoms with Crippen LogP contribution in [0.2, 0.25) is 10.0 Å². The number of hydrogen-bond acceptors (Lipinski definition) is 3. The van der Waals surface area contributed by atoms with Crippen molar-refractivity contribution >= 4 is 35.0 Å². The summed E-state index contributed by atoms with van der Waals surface area (Å²) in [6, 6.07) is 12.4. The number of halogens is 2. The minimum Gasteiger partial charge on any atom is -0.494 e. The highest BCUT2D eigenvalue weighted by molar-refractivity contribution is 6.42. The third kappa shape index (κ3) is 8.36. The number of hydrogen-bond donors (Lipinski definition) is 1. The van der Waals surface area contributed by atoms with Gasteiger partial charge in [0.15, 0.2) is 0 Å². The zero-order valence-electron chi connectivity index (χ0n) is 19.4. The molecule has 0 bridgehead atoms. The topological polar surface area (TPSA) is 58.6 Å². The van der Waals surface area contributed by atoms with Gasteiger partial charge in [-0.1, -0.05) is 47.0 Å². The van der Waals surface area contributed by atoms with E-state index in [-0.39, 0.29) is 24.8 Å². The van der Waals surface area contributed by atoms with Crippen LogP contribution in [0.1, 0.15) is 51.7 Å². The molecule has 0 radical (unpaired) electrons. The summed E-state index contributed by atoms with van der Waals surface area (Å²) in [5, 5.41) is 3.81. The number of carbonyl (C=O) groups excluding carboxylic acids is 2. The summed E-state index contributed by atoms with van der Waals surface area (Å²) in [7, 11) is 0. The first-order chi connectivity index (χ1) is 15.0. The number of rotatable bonds is 9. The molecule has 0 unspecified atom stereocenters. The van der Waals surface area contributed by atoms with Gasteiger partial charge in [0.2, 0.25) is 11.8 Å². The fourth-order valence-corrected chi connectivity index (χ4v) is 3.40. The maximum Gasteiger partial charge on any atom is 0.242 e. The monoisotopic (exact) mass is 478 g/mol. The van der Waals surface area contributed by atoms with Crippen molar-refractivity contribution in [2.24, 2.45) is 0 Å². The van der Waals surface area contributed by atoms with Crippen LogP contribution in [0.25, 0.3) is 0 Å². The summed E-state index contributed by atoms with van der Waals surface area (Å²) in [5.74, 6) is 0.440. The highest BCUT2D eigenvalue weighted by Crippen LogP contribution is 2.24. The van der Waals surface area contributed by atoms with Crippen molar-refractivity contribution < 1.29 is 14.3 Å². The molecule has 0 heterocycles. The van der Waals surface area contributed by atoms with E-state index in [0.717, 1.165) is 16.9 Å². The second-order valence-corrected chi connectivity index (χ2v) is 9.76. The highest BCUT2D eigenvalue weighted by atomic mass is 35.5. The molecule has 2 amide bonds. The lowest BCUT2D eigenvalue weighted by molar-refractivity contribution is -0.141. The van der Waals surface area contributed by atoms with Crippen LogP contribution in [-0.4, -0.2) is 34.9 Å². The molecule has 0 aliphatic heterocycles. The Morgan fingerprint density at radius 2 is 1.72 bits per heavy atom. The van der Waals surface area contributed by atoms with Crippen molar-refractivity contribution in [3.63, 3.8) is 0 Å². The van der Waals surface area contributed by atoms with Crippen molar-refractivity contribution in [2.45, 2.75) is 65.6 Å². The van der Waals surface area contributed by atoms with E-state index in [1.165, 1.54) is 0 Å². The van der Waals surface area contributed by atoms with Gasteiger partial charge in [-0.05, 0) is 70.9 Å². The zero-order chi connectivity index (χ0) is 23.9. The van der Waals surface area contributed by atoms with Crippen molar-refractivity contribution in [2.75, 3.05) is 6.61 Å². The largest absolute Gasteiger partial charge is 0.494 e. The van der Waals surface area contributed by atoms with Gasteiger partial charge in [-0.2, -0.15) is 0 Å². The maximum absolute atomic E-state index is 13.1. The molecule has 1 N–H and O–H groups in total. The average molecular weight is 479 g/mol. The van der Waals surface area contributed by atoms with Crippen LogP contribution < -0.4 is 10.1 Å². The van der Waals surface area contributed by atoms with E-state index in [1.54, 1.807) is 24.0 Å². The number of nitrogens with zero attached hydrogens (tertiary/aromatic N) is 1. The smallest absolute Gasteiger partial charge is 0.242 e. The Bertz CT molecular complexity index is 924. The average Bonchev–Trinajstić information content (AvgIpc) is 2.71. The summed E-state index contributed by atoms with van der Waals surface area (Å²) < 4.78 is 5.73. The van der Waals surface area contributed by atoms with Crippen LogP contribution in [0.4, 0.5) is 0 Å². The van der Waals surface area contributed by atoms with Crippen molar-refractivity contribution in [3.05, 3.63) is 63.6 Å². The van der Waals surface area contributed by atoms with Crippen LogP contribution >= 0.6 is 23.2 Å². The predicted octanol–water partition coefficient (Wildman–Crippen LogP) is 5.79. The Morgan fingerprint density at radius 3 is 2.31 bits per heavy atom. The van der Waals surface area contributed by atoms with Gasteiger partial charge in [0, 0.05) is 18.5 Å². The van der Waals surface area contributed by atoms with E-state index in [9.17, 15) is 9.59 Å². The second kappa shape index (κ2) is 11.6. The van der Waals surface area contributed by atoms with Gasteiger partial charge >= 0.3 is 0 Å². The summed E-state index contributed by atoms with van der Waals surface area (Å²) in [6.07, 6.45) is 0.804. The van der Waals surface area contributed by atoms with E-state index in [0.29, 0.717) is 23.1 Å². The van der Waals surface area contributed by atoms with Crippen LogP contribution in [0.5, 0.6) is 5.75 Å². The van der Waals surface area contributed by atoms with Gasteiger partial charge in [0.25, 0.3) is 0 Å². The third-order valence-electron chi connectivity index (χ3n) is 4.83. The van der Waals surface area contributed by atoms with Crippen LogP contribution in [-0.2, 0) is 16.1 Å². The summed E-state index contributed by atoms with van der Waals surface area (Å²) in [5.41, 5.74) is 1.57. The number of nitrogens with one attached hydrogen (secondary N) is 1. The minimum atomic E-state index is -0.644. The van der Waals surface area contributed by atoms with Crippen LogP contribution in [0.15, 0.2) is 42.5 Å². The standard InChI is InChI=1S/C25H32Cl2N2O3/c1-17-8-11-20(12-9-17)32-14-6-7-23(30)29(18(2)24(31)28-25(3,4)5)16-19-10-13-21(26)22(27)15-19/h8-13,15,18H,6-7,14,16H2,1-5H3,(H,28,31)/t18-/m1/s1. The van der Waals surface area contributed by atoms with Gasteiger partial charge in [-0.3, -0.25) is 9.59 Å². The second-order valence-electron chi connectivity index (χ2n) is 8.95. The van der Waals surface area contributed by atoms with E-state index in [1.807, 2.05) is 58.0 Å². The highest BCUT2D eigenvalue weighted by Gasteiger charge is 2.28. The van der Waals surface area contributed by atoms with Crippen LogP contribution in [0.3, 0.4) is 0 Å². The first kappa shape index (κ1) is 26.0. The molecular formula is C25H32Cl2N2O3. The van der Waals surface area contributed by atoms with Crippen molar-refractivity contribution in [1.29, 1.82) is 0 Å². The summed E-state index contributed by atoms with van der Waals surface area (Å²) in [4.78, 5) is 27.5. The summed E-state index contributed by atoms with van der Waals surface area (Å²) >= 11 is 12.2. The van der Waals surface area contributed by atoms with Gasteiger partial charge in [-0.15, -0.1) is 0 Å². The molecule has 0 saturated heterocycles. The Morgan fingerprint density at radius 1 is 1.06 bits per heavy atom. The maximum atomic E-state index is 13.1. The van der Waals surface area contributed by atoms with E-state index >= 15 is 0 Å². The number of aryl methyl sites for hydroxylation is 1. The molecule has 0 aliphatic carbocycles. The molecule has 0 saturated carbocycles. The molecule has 2 rings (SSSR count). The predicted molar refractivity (Wildman–Crippen MR) is 130 cm³/mol. The fourth-order valence-electron chi connectivity index (χ4n) is 3.08. The van der Waals surface area contributed by atoms with Crippen LogP contribution in [0, 0.1) is 6.92 Å². The molecule has 0 fully saturated rings. The first-order valence-electron chi connectivity index (χ1n) is 10.7. The van der Waals surface area contributed by atoms with E-state index in [2.05, 4.69) is 5.32 Å². The van der Waals surface area contributed by atoms with E-state index < -0.39 is 11.6 Å². The lowest BCUT2D eigenvalue weighted by Crippen LogP contribution is -2.52. The molecule has 5 nitrogen and oxygen atoms in total. The lowest BCUT2D eigenvalue weighted by Gasteiger charge is -2.31. The Labute approximate surface area is 201 Å². The Hall–Kier alpha value is -2.24. The zero-order valence-corrected chi connectivity index (χ0v) is 20.9. The van der Waals surface area contributed by atoms with Gasteiger partial charge < -0.3 is 15.0 Å². The molecule has 1 atom stereocenters. The summed E-state index contributed by atoms with van der Waals surface area (Å²) in [6.45, 7) is 10.1. The third-order valence-corrected chi connectivity index (χ3v) is 5.57. The number of ether oxygens (including phenoxy) is 1. The fraction of sp³-hybridized carbons (Fsp3) is 0.440. The molecule has 0 aromatic heterocycles. The lowest BCUT2D eigenvalue weighted by atomic mass is 10.1. The quantitative estimate of drug-likeness (QED) is 0.463. The molecule has 7 heteroatoms. The molecule has 32 heavy (non-hydrogen) atoms. The Balaban J connectivity index is 2.05. The molecule has 174 valence electrons. The molecular weight excluding hydrogens is 447 g/mol. The number of benzene rings is 2. The van der Waals surface area contributed by atoms with Crippen molar-refractivity contribution in [1.82, 2.24) is 10.2 Å². The van der Waals surface area contributed by atoms with E-state index in [4.69, 9.17) is 27.9 Å². The SMILES string of the molecule is Cc1ccc(OCCCC(=O)N(Cc2ccc(Cl)c(Cl)c2)[C@H](C)C(=O)NC(C)(C)C)cc1. The molecule has 2 aromatic rings. The number of amides is 2. The first-order valence-corrected chi connectivity index (χ1v) is 11.5. The Kier molecular flexibility index (Phi) is 9.41. The van der Waals surface area contributed by atoms with Crippen molar-refractivity contribution in [3.8, 4) is 5.75 Å². The number of carbonyl (C=O) groups is 2. The normalized spacial score (nSPS) is 12.2. The molecule has 2 aromatic carbocycles. The van der Waals surface area contributed by atoms with Gasteiger partial charge in [-0.25, -0.2) is 0 Å². The molecule has 0 spiro atoms.